The van der Waals surface area contributed by atoms with E-state index < -0.39 is 6.43 Å². The maximum atomic E-state index is 11.8. The lowest BCUT2D eigenvalue weighted by Gasteiger charge is -2.18. The molecule has 0 atom stereocenters. The van der Waals surface area contributed by atoms with Crippen LogP contribution in [0.4, 0.5) is 8.78 Å². The van der Waals surface area contributed by atoms with Crippen molar-refractivity contribution in [2.45, 2.75) is 6.43 Å². The monoisotopic (exact) mass is 227 g/mol. The Labute approximate surface area is 74.2 Å². The molecule has 0 aromatic rings. The molecular formula is C7H12BrF2N. The quantitative estimate of drug-likeness (QED) is 0.497. The van der Waals surface area contributed by atoms with Gasteiger partial charge in [-0.05, 0) is 0 Å². The average molecular weight is 228 g/mol. The zero-order valence-electron chi connectivity index (χ0n) is 6.27. The summed E-state index contributed by atoms with van der Waals surface area (Å²) in [5.41, 5.74) is 0. The first-order chi connectivity index (χ1) is 5.20. The van der Waals surface area contributed by atoms with Crippen LogP contribution in [0, 0.1) is 0 Å². The third-order valence-electron chi connectivity index (χ3n) is 1.18. The van der Waals surface area contributed by atoms with Gasteiger partial charge in [-0.15, -0.1) is 6.58 Å². The average Bonchev–Trinajstić information content (AvgIpc) is 1.87. The molecular weight excluding hydrogens is 216 g/mol. The van der Waals surface area contributed by atoms with Crippen LogP contribution in [0.25, 0.3) is 0 Å². The Hall–Kier alpha value is 0.0400. The number of rotatable bonds is 6. The minimum absolute atomic E-state index is 0.169. The molecule has 0 radical (unpaired) electrons. The predicted octanol–water partition coefficient (Wildman–Crippen LogP) is 2.13. The van der Waals surface area contributed by atoms with E-state index in [9.17, 15) is 8.78 Å². The molecule has 1 nitrogen and oxygen atoms in total. The first-order valence-corrected chi connectivity index (χ1v) is 4.50. The van der Waals surface area contributed by atoms with Crippen LogP contribution in [0.1, 0.15) is 0 Å². The molecule has 0 saturated heterocycles. The minimum atomic E-state index is -2.26. The van der Waals surface area contributed by atoms with Crippen LogP contribution < -0.4 is 0 Å². The summed E-state index contributed by atoms with van der Waals surface area (Å²) >= 11 is 3.19. The maximum Gasteiger partial charge on any atom is 0.251 e. The fourth-order valence-corrected chi connectivity index (χ4v) is 1.26. The number of nitrogens with zero attached hydrogens (tertiary/aromatic N) is 1. The van der Waals surface area contributed by atoms with Crippen molar-refractivity contribution in [2.75, 3.05) is 25.0 Å². The van der Waals surface area contributed by atoms with E-state index in [0.29, 0.717) is 18.4 Å². The van der Waals surface area contributed by atoms with Gasteiger partial charge in [0.15, 0.2) is 0 Å². The first kappa shape index (κ1) is 11.0. The number of hydrogen-bond acceptors (Lipinski definition) is 1. The Balaban J connectivity index is 3.58. The summed E-state index contributed by atoms with van der Waals surface area (Å²) < 4.78 is 23.7. The van der Waals surface area contributed by atoms with Crippen molar-refractivity contribution in [3.8, 4) is 0 Å². The summed E-state index contributed by atoms with van der Waals surface area (Å²) in [5.74, 6) is 0. The van der Waals surface area contributed by atoms with Crippen molar-refractivity contribution < 1.29 is 8.78 Å². The van der Waals surface area contributed by atoms with Gasteiger partial charge >= 0.3 is 0 Å². The first-order valence-electron chi connectivity index (χ1n) is 3.38. The summed E-state index contributed by atoms with van der Waals surface area (Å²) in [6, 6.07) is 0. The van der Waals surface area contributed by atoms with Crippen molar-refractivity contribution in [3.63, 3.8) is 0 Å². The highest BCUT2D eigenvalue weighted by Gasteiger charge is 2.08. The van der Waals surface area contributed by atoms with Crippen molar-refractivity contribution in [2.24, 2.45) is 0 Å². The van der Waals surface area contributed by atoms with Gasteiger partial charge < -0.3 is 0 Å². The van der Waals surface area contributed by atoms with Gasteiger partial charge in [-0.1, -0.05) is 22.0 Å². The highest BCUT2D eigenvalue weighted by Crippen LogP contribution is 1.98. The lowest BCUT2D eigenvalue weighted by atomic mass is 10.4. The molecule has 0 aliphatic heterocycles. The normalized spacial score (nSPS) is 11.0. The predicted molar refractivity (Wildman–Crippen MR) is 46.4 cm³/mol. The largest absolute Gasteiger partial charge is 0.293 e. The Morgan fingerprint density at radius 1 is 1.55 bits per heavy atom. The van der Waals surface area contributed by atoms with E-state index in [1.165, 1.54) is 0 Å². The van der Waals surface area contributed by atoms with E-state index in [1.54, 1.807) is 11.0 Å². The summed E-state index contributed by atoms with van der Waals surface area (Å²) in [7, 11) is 0. The van der Waals surface area contributed by atoms with E-state index in [1.807, 2.05) is 0 Å². The van der Waals surface area contributed by atoms with Crippen molar-refractivity contribution >= 4 is 15.9 Å². The van der Waals surface area contributed by atoms with Gasteiger partial charge in [0.1, 0.15) is 0 Å². The van der Waals surface area contributed by atoms with Gasteiger partial charge in [0.05, 0.1) is 6.54 Å². The SMILES string of the molecule is C=CCN(CCBr)CC(F)F. The molecule has 4 heteroatoms. The molecule has 0 N–H and O–H groups in total. The summed E-state index contributed by atoms with van der Waals surface area (Å²) in [6.45, 7) is 4.48. The molecule has 0 aromatic heterocycles. The van der Waals surface area contributed by atoms with Crippen LogP contribution in [0.15, 0.2) is 12.7 Å². The highest BCUT2D eigenvalue weighted by atomic mass is 79.9. The van der Waals surface area contributed by atoms with Gasteiger partial charge in [0, 0.05) is 18.4 Å². The van der Waals surface area contributed by atoms with Crippen LogP contribution in [-0.2, 0) is 0 Å². The fourth-order valence-electron chi connectivity index (χ4n) is 0.754. The van der Waals surface area contributed by atoms with Crippen molar-refractivity contribution in [3.05, 3.63) is 12.7 Å². The van der Waals surface area contributed by atoms with Crippen LogP contribution in [0.3, 0.4) is 0 Å². The second-order valence-electron chi connectivity index (χ2n) is 2.13. The van der Waals surface area contributed by atoms with Gasteiger partial charge in [-0.3, -0.25) is 4.90 Å². The third-order valence-corrected chi connectivity index (χ3v) is 1.54. The second kappa shape index (κ2) is 6.73. The third kappa shape index (κ3) is 6.44. The van der Waals surface area contributed by atoms with Crippen LogP contribution in [0.5, 0.6) is 0 Å². The zero-order chi connectivity index (χ0) is 8.69. The molecule has 0 heterocycles. The molecule has 0 fully saturated rings. The van der Waals surface area contributed by atoms with E-state index in [-0.39, 0.29) is 6.54 Å². The second-order valence-corrected chi connectivity index (χ2v) is 2.92. The smallest absolute Gasteiger partial charge is 0.251 e. The Morgan fingerprint density at radius 3 is 2.55 bits per heavy atom. The molecule has 0 aromatic carbocycles. The molecule has 66 valence electrons. The van der Waals surface area contributed by atoms with Gasteiger partial charge in [-0.2, -0.15) is 0 Å². The molecule has 11 heavy (non-hydrogen) atoms. The van der Waals surface area contributed by atoms with Crippen LogP contribution >= 0.6 is 15.9 Å². The molecule has 0 bridgehead atoms. The Bertz CT molecular complexity index is 109. The lowest BCUT2D eigenvalue weighted by molar-refractivity contribution is 0.0969. The van der Waals surface area contributed by atoms with Crippen molar-refractivity contribution in [1.29, 1.82) is 0 Å². The molecule has 0 unspecified atom stereocenters. The molecule has 0 spiro atoms. The fraction of sp³-hybridized carbons (Fsp3) is 0.714. The number of hydrogen-bond donors (Lipinski definition) is 0. The Kier molecular flexibility index (Phi) is 6.76. The molecule has 0 rings (SSSR count). The molecule has 0 aliphatic rings. The van der Waals surface area contributed by atoms with E-state index in [0.717, 1.165) is 0 Å². The molecule has 0 amide bonds. The van der Waals surface area contributed by atoms with Crippen molar-refractivity contribution in [1.82, 2.24) is 4.90 Å². The summed E-state index contributed by atoms with van der Waals surface area (Å²) in [6.07, 6.45) is -0.626. The lowest BCUT2D eigenvalue weighted by Crippen LogP contribution is -2.30. The maximum absolute atomic E-state index is 11.8. The van der Waals surface area contributed by atoms with E-state index in [2.05, 4.69) is 22.5 Å². The van der Waals surface area contributed by atoms with Gasteiger partial charge in [0.25, 0.3) is 6.43 Å². The summed E-state index contributed by atoms with van der Waals surface area (Å²) in [5, 5.41) is 0.716. The topological polar surface area (TPSA) is 3.24 Å². The molecule has 0 saturated carbocycles. The van der Waals surface area contributed by atoms with Gasteiger partial charge in [0.2, 0.25) is 0 Å². The van der Waals surface area contributed by atoms with Gasteiger partial charge in [-0.25, -0.2) is 8.78 Å². The van der Waals surface area contributed by atoms with Crippen LogP contribution in [-0.4, -0.2) is 36.3 Å². The Morgan fingerprint density at radius 2 is 2.18 bits per heavy atom. The van der Waals surface area contributed by atoms with E-state index >= 15 is 0 Å². The van der Waals surface area contributed by atoms with Crippen LogP contribution in [0.2, 0.25) is 0 Å². The molecule has 0 aliphatic carbocycles. The number of alkyl halides is 3. The highest BCUT2D eigenvalue weighted by molar-refractivity contribution is 9.09. The van der Waals surface area contributed by atoms with E-state index in [4.69, 9.17) is 0 Å². The zero-order valence-corrected chi connectivity index (χ0v) is 7.86. The number of halogens is 3. The standard InChI is InChI=1S/C7H12BrF2N/c1-2-4-11(5-3-8)6-7(9)10/h2,7H,1,3-6H2. The minimum Gasteiger partial charge on any atom is -0.293 e. The summed E-state index contributed by atoms with van der Waals surface area (Å²) in [4.78, 5) is 1.65.